The SMILES string of the molecule is CC(NNC(=O)c1ccc(Cl)c(S(N)(=O)=O)c1)=C1C(=O)N(c2ccc(C)c(C)c2)c2ccccc21. The van der Waals surface area contributed by atoms with Gasteiger partial charge in [-0.25, -0.2) is 13.6 Å². The molecule has 0 radical (unpaired) electrons. The van der Waals surface area contributed by atoms with Gasteiger partial charge in [0.05, 0.1) is 16.3 Å². The number of carbonyl (C=O) groups is 2. The smallest absolute Gasteiger partial charge is 0.269 e. The van der Waals surface area contributed by atoms with Gasteiger partial charge in [0, 0.05) is 22.5 Å². The second-order valence-corrected chi connectivity index (χ2v) is 10.1. The van der Waals surface area contributed by atoms with Crippen molar-refractivity contribution in [1.82, 2.24) is 10.9 Å². The third-order valence-corrected chi connectivity index (χ3v) is 7.21. The fraction of sp³-hybridized carbons (Fsp3) is 0.120. The molecular formula is C25H23ClN4O4S. The first kappa shape index (κ1) is 24.5. The highest BCUT2D eigenvalue weighted by atomic mass is 35.5. The molecular weight excluding hydrogens is 488 g/mol. The van der Waals surface area contributed by atoms with Crippen molar-refractivity contribution in [2.24, 2.45) is 5.14 Å². The van der Waals surface area contributed by atoms with Gasteiger partial charge >= 0.3 is 0 Å². The number of nitrogens with zero attached hydrogens (tertiary/aromatic N) is 1. The summed E-state index contributed by atoms with van der Waals surface area (Å²) in [5.41, 5.74) is 10.5. The summed E-state index contributed by atoms with van der Waals surface area (Å²) in [4.78, 5) is 27.5. The first-order valence-corrected chi connectivity index (χ1v) is 12.5. The van der Waals surface area contributed by atoms with Crippen LogP contribution in [0.5, 0.6) is 0 Å². The number of para-hydroxylation sites is 1. The number of benzene rings is 3. The van der Waals surface area contributed by atoms with E-state index < -0.39 is 15.9 Å². The van der Waals surface area contributed by atoms with E-state index in [1.54, 1.807) is 11.8 Å². The highest BCUT2D eigenvalue weighted by Gasteiger charge is 2.35. The summed E-state index contributed by atoms with van der Waals surface area (Å²) in [6.07, 6.45) is 0. The van der Waals surface area contributed by atoms with Gasteiger partial charge in [0.15, 0.2) is 0 Å². The molecule has 0 saturated carbocycles. The van der Waals surface area contributed by atoms with E-state index >= 15 is 0 Å². The van der Waals surface area contributed by atoms with Gasteiger partial charge in [-0.05, 0) is 68.3 Å². The van der Waals surface area contributed by atoms with E-state index in [1.807, 2.05) is 56.3 Å². The molecule has 1 heterocycles. The molecule has 1 aliphatic heterocycles. The Morgan fingerprint density at radius 1 is 0.971 bits per heavy atom. The summed E-state index contributed by atoms with van der Waals surface area (Å²) in [5, 5.41) is 5.07. The standard InChI is InChI=1S/C25H23ClN4O4S/c1-14-8-10-18(12-15(14)2)30-21-7-5-4-6-19(21)23(25(30)32)16(3)28-29-24(31)17-9-11-20(26)22(13-17)35(27,33)34/h4-13,28H,1-3H3,(H,29,31)(H2,27,33,34). The molecule has 0 saturated heterocycles. The van der Waals surface area contributed by atoms with Gasteiger partial charge in [0.1, 0.15) is 4.90 Å². The number of anilines is 2. The van der Waals surface area contributed by atoms with Crippen LogP contribution in [-0.4, -0.2) is 20.2 Å². The molecule has 8 nitrogen and oxygen atoms in total. The van der Waals surface area contributed by atoms with E-state index in [1.165, 1.54) is 12.1 Å². The number of halogens is 1. The number of hydrogen-bond acceptors (Lipinski definition) is 5. The van der Waals surface area contributed by atoms with Crippen LogP contribution in [0.2, 0.25) is 5.02 Å². The normalized spacial score (nSPS) is 14.5. The third kappa shape index (κ3) is 4.66. The van der Waals surface area contributed by atoms with Crippen LogP contribution >= 0.6 is 11.6 Å². The zero-order valence-electron chi connectivity index (χ0n) is 19.2. The molecule has 2 amide bonds. The lowest BCUT2D eigenvalue weighted by atomic mass is 10.1. The number of sulfonamides is 1. The molecule has 10 heteroatoms. The number of aryl methyl sites for hydroxylation is 2. The summed E-state index contributed by atoms with van der Waals surface area (Å²) in [6, 6.07) is 17.0. The Morgan fingerprint density at radius 2 is 1.69 bits per heavy atom. The number of nitrogens with one attached hydrogen (secondary N) is 2. The van der Waals surface area contributed by atoms with Crippen LogP contribution in [-0.2, 0) is 14.8 Å². The number of amides is 2. The fourth-order valence-electron chi connectivity index (χ4n) is 3.85. The summed E-state index contributed by atoms with van der Waals surface area (Å²) in [5.74, 6) is -0.868. The second kappa shape index (κ2) is 9.18. The number of hydrogen-bond donors (Lipinski definition) is 3. The maximum atomic E-state index is 13.5. The van der Waals surface area contributed by atoms with Crippen molar-refractivity contribution in [3.05, 3.63) is 93.6 Å². The molecule has 0 spiro atoms. The molecule has 0 aromatic heterocycles. The molecule has 0 unspecified atom stereocenters. The first-order chi connectivity index (χ1) is 16.5. The van der Waals surface area contributed by atoms with Crippen molar-refractivity contribution < 1.29 is 18.0 Å². The first-order valence-electron chi connectivity index (χ1n) is 10.6. The molecule has 4 rings (SSSR count). The van der Waals surface area contributed by atoms with Gasteiger partial charge in [-0.3, -0.25) is 19.9 Å². The van der Waals surface area contributed by atoms with Gasteiger partial charge in [-0.1, -0.05) is 35.9 Å². The van der Waals surface area contributed by atoms with Crippen molar-refractivity contribution in [2.75, 3.05) is 4.90 Å². The minimum atomic E-state index is -4.10. The molecule has 1 aliphatic rings. The van der Waals surface area contributed by atoms with Gasteiger partial charge in [-0.15, -0.1) is 0 Å². The summed E-state index contributed by atoms with van der Waals surface area (Å²) in [6.45, 7) is 5.67. The van der Waals surface area contributed by atoms with Crippen LogP contribution in [0.3, 0.4) is 0 Å². The Morgan fingerprint density at radius 3 is 2.37 bits per heavy atom. The van der Waals surface area contributed by atoms with Crippen molar-refractivity contribution in [2.45, 2.75) is 25.7 Å². The lowest BCUT2D eigenvalue weighted by Crippen LogP contribution is -2.37. The summed E-state index contributed by atoms with van der Waals surface area (Å²) < 4.78 is 23.4. The topological polar surface area (TPSA) is 122 Å². The summed E-state index contributed by atoms with van der Waals surface area (Å²) in [7, 11) is -4.10. The van der Waals surface area contributed by atoms with Crippen molar-refractivity contribution in [3.8, 4) is 0 Å². The van der Waals surface area contributed by atoms with Crippen molar-refractivity contribution in [1.29, 1.82) is 0 Å². The molecule has 180 valence electrons. The van der Waals surface area contributed by atoms with Crippen LogP contribution < -0.4 is 20.9 Å². The molecule has 0 bridgehead atoms. The molecule has 3 aromatic rings. The maximum Gasteiger partial charge on any atom is 0.269 e. The minimum absolute atomic E-state index is 0.0265. The Labute approximate surface area is 208 Å². The third-order valence-electron chi connectivity index (χ3n) is 5.82. The Hall–Kier alpha value is -3.66. The number of carbonyl (C=O) groups excluding carboxylic acids is 2. The highest BCUT2D eigenvalue weighted by Crippen LogP contribution is 2.42. The fourth-order valence-corrected chi connectivity index (χ4v) is 4.92. The van der Waals surface area contributed by atoms with Gasteiger partial charge in [0.25, 0.3) is 11.8 Å². The van der Waals surface area contributed by atoms with Gasteiger partial charge in [-0.2, -0.15) is 0 Å². The second-order valence-electron chi connectivity index (χ2n) is 8.20. The van der Waals surface area contributed by atoms with Crippen LogP contribution in [0.1, 0.15) is 34.0 Å². The number of allylic oxidation sites excluding steroid dienone is 1. The number of nitrogens with two attached hydrogens (primary N) is 1. The van der Waals surface area contributed by atoms with E-state index in [0.717, 1.165) is 34.1 Å². The maximum absolute atomic E-state index is 13.5. The zero-order valence-corrected chi connectivity index (χ0v) is 20.8. The predicted octanol–water partition coefficient (Wildman–Crippen LogP) is 3.95. The monoisotopic (exact) mass is 510 g/mol. The number of primary sulfonamides is 1. The predicted molar refractivity (Wildman–Crippen MR) is 136 cm³/mol. The van der Waals surface area contributed by atoms with Gasteiger partial charge < -0.3 is 5.43 Å². The van der Waals surface area contributed by atoms with Crippen LogP contribution in [0.15, 0.2) is 71.3 Å². The van der Waals surface area contributed by atoms with Crippen LogP contribution in [0.4, 0.5) is 11.4 Å². The molecule has 0 aliphatic carbocycles. The Balaban J connectivity index is 1.64. The van der Waals surface area contributed by atoms with E-state index in [9.17, 15) is 18.0 Å². The quantitative estimate of drug-likeness (QED) is 0.354. The van der Waals surface area contributed by atoms with E-state index in [-0.39, 0.29) is 21.4 Å². The van der Waals surface area contributed by atoms with Crippen LogP contribution in [0, 0.1) is 13.8 Å². The lowest BCUT2D eigenvalue weighted by molar-refractivity contribution is -0.112. The van der Waals surface area contributed by atoms with E-state index in [2.05, 4.69) is 10.9 Å². The van der Waals surface area contributed by atoms with Crippen molar-refractivity contribution in [3.63, 3.8) is 0 Å². The molecule has 35 heavy (non-hydrogen) atoms. The number of hydrazine groups is 1. The Bertz CT molecular complexity index is 1520. The van der Waals surface area contributed by atoms with Crippen molar-refractivity contribution >= 4 is 50.4 Å². The van der Waals surface area contributed by atoms with E-state index in [4.69, 9.17) is 16.7 Å². The number of rotatable bonds is 5. The highest BCUT2D eigenvalue weighted by molar-refractivity contribution is 7.89. The summed E-state index contributed by atoms with van der Waals surface area (Å²) >= 11 is 5.89. The largest absolute Gasteiger partial charge is 0.302 e. The van der Waals surface area contributed by atoms with Gasteiger partial charge in [0.2, 0.25) is 10.0 Å². The van der Waals surface area contributed by atoms with Crippen LogP contribution in [0.25, 0.3) is 5.57 Å². The molecule has 0 atom stereocenters. The zero-order chi connectivity index (χ0) is 25.5. The lowest BCUT2D eigenvalue weighted by Gasteiger charge is -2.18. The molecule has 3 aromatic carbocycles. The average molecular weight is 511 g/mol. The minimum Gasteiger partial charge on any atom is -0.302 e. The molecule has 4 N–H and O–H groups in total. The number of fused-ring (bicyclic) bond motifs is 1. The average Bonchev–Trinajstić information content (AvgIpc) is 3.10. The molecule has 0 fully saturated rings. The Kier molecular flexibility index (Phi) is 6.42. The van der Waals surface area contributed by atoms with E-state index in [0.29, 0.717) is 11.3 Å².